The summed E-state index contributed by atoms with van der Waals surface area (Å²) in [6.45, 7) is 2.07. The normalized spacial score (nSPS) is 19.4. The number of hydrogen-bond donors (Lipinski definition) is 1. The minimum Gasteiger partial charge on any atom is -0.353 e. The molecule has 2 aromatic carbocycles. The molecule has 3 rings (SSSR count). The van der Waals surface area contributed by atoms with E-state index in [-0.39, 0.29) is 29.4 Å². The Morgan fingerprint density at radius 2 is 1.62 bits per heavy atom. The fourth-order valence-corrected chi connectivity index (χ4v) is 6.21. The highest BCUT2D eigenvalue weighted by atomic mass is 35.5. The predicted octanol–water partition coefficient (Wildman–Crippen LogP) is 5.87. The average molecular weight is 504 g/mol. The SMILES string of the molecule is CCCC[C@@H](CCS(=O)(=O)c1ccccc1)NC(=O)[C@@H]1CCCC[C@H]1C(=O)c1ccc(Cl)cc1. The molecule has 0 radical (unpaired) electrons. The monoisotopic (exact) mass is 503 g/mol. The van der Waals surface area contributed by atoms with Gasteiger partial charge in [0, 0.05) is 28.5 Å². The number of ketones is 1. The smallest absolute Gasteiger partial charge is 0.224 e. The van der Waals surface area contributed by atoms with Crippen molar-refractivity contribution in [2.24, 2.45) is 11.8 Å². The van der Waals surface area contributed by atoms with Crippen LogP contribution in [0.5, 0.6) is 0 Å². The van der Waals surface area contributed by atoms with Crippen molar-refractivity contribution >= 4 is 33.1 Å². The summed E-state index contributed by atoms with van der Waals surface area (Å²) in [5, 5.41) is 3.68. The summed E-state index contributed by atoms with van der Waals surface area (Å²) in [7, 11) is -3.42. The lowest BCUT2D eigenvalue weighted by Crippen LogP contribution is -2.44. The van der Waals surface area contributed by atoms with E-state index < -0.39 is 15.8 Å². The van der Waals surface area contributed by atoms with Crippen molar-refractivity contribution in [3.05, 3.63) is 65.2 Å². The second kappa shape index (κ2) is 12.5. The summed E-state index contributed by atoms with van der Waals surface area (Å²) in [5.74, 6) is -0.941. The van der Waals surface area contributed by atoms with Crippen molar-refractivity contribution in [3.63, 3.8) is 0 Å². The lowest BCUT2D eigenvalue weighted by Gasteiger charge is -2.31. The maximum Gasteiger partial charge on any atom is 0.224 e. The number of sulfone groups is 1. The molecule has 0 aromatic heterocycles. The van der Waals surface area contributed by atoms with Crippen LogP contribution in [0.25, 0.3) is 0 Å². The number of unbranched alkanes of at least 4 members (excludes halogenated alkanes) is 1. The predicted molar refractivity (Wildman–Crippen MR) is 136 cm³/mol. The number of amides is 1. The lowest BCUT2D eigenvalue weighted by atomic mass is 9.75. The Morgan fingerprint density at radius 3 is 2.26 bits per heavy atom. The van der Waals surface area contributed by atoms with Crippen LogP contribution in [-0.2, 0) is 14.6 Å². The van der Waals surface area contributed by atoms with E-state index in [1.165, 1.54) is 0 Å². The van der Waals surface area contributed by atoms with Crippen LogP contribution in [0.2, 0.25) is 5.02 Å². The van der Waals surface area contributed by atoms with E-state index in [4.69, 9.17) is 11.6 Å². The third-order valence-corrected chi connectivity index (χ3v) is 8.67. The number of Topliss-reactive ketones (excluding diaryl/α,β-unsaturated/α-hetero) is 1. The summed E-state index contributed by atoms with van der Waals surface area (Å²) in [6.07, 6.45) is 6.10. The third kappa shape index (κ3) is 7.16. The number of hydrogen-bond acceptors (Lipinski definition) is 4. The van der Waals surface area contributed by atoms with Gasteiger partial charge in [-0.3, -0.25) is 9.59 Å². The first-order valence-electron chi connectivity index (χ1n) is 12.2. The molecule has 0 heterocycles. The Bertz CT molecular complexity index is 1050. The number of carbonyl (C=O) groups is 2. The van der Waals surface area contributed by atoms with E-state index in [1.54, 1.807) is 54.6 Å². The molecular formula is C27H34ClNO4S. The standard InChI is InChI=1S/C27H34ClNO4S/c1-2-3-9-22(18-19-34(32,33)23-10-5-4-6-11-23)29-27(31)25-13-8-7-12-24(25)26(30)20-14-16-21(28)17-15-20/h4-6,10-11,14-17,22,24-25H,2-3,7-9,12-13,18-19H2,1H3,(H,29,31)/t22-,24+,25+/m0/s1. The zero-order valence-corrected chi connectivity index (χ0v) is 21.3. The first-order valence-corrected chi connectivity index (χ1v) is 14.2. The third-order valence-electron chi connectivity index (χ3n) is 6.66. The molecule has 1 N–H and O–H groups in total. The molecule has 1 aliphatic rings. The highest BCUT2D eigenvalue weighted by molar-refractivity contribution is 7.91. The van der Waals surface area contributed by atoms with Gasteiger partial charge in [0.25, 0.3) is 0 Å². The molecule has 3 atom stereocenters. The quantitative estimate of drug-likeness (QED) is 0.389. The molecule has 0 aliphatic heterocycles. The van der Waals surface area contributed by atoms with Crippen LogP contribution in [0.15, 0.2) is 59.5 Å². The molecule has 5 nitrogen and oxygen atoms in total. The van der Waals surface area contributed by atoms with Crippen molar-refractivity contribution in [1.29, 1.82) is 0 Å². The molecular weight excluding hydrogens is 470 g/mol. The van der Waals surface area contributed by atoms with Gasteiger partial charge in [-0.15, -0.1) is 0 Å². The van der Waals surface area contributed by atoms with Gasteiger partial charge in [0.15, 0.2) is 15.6 Å². The van der Waals surface area contributed by atoms with Gasteiger partial charge in [-0.1, -0.05) is 62.4 Å². The first kappa shape index (κ1) is 26.4. The van der Waals surface area contributed by atoms with Crippen molar-refractivity contribution in [2.75, 3.05) is 5.75 Å². The van der Waals surface area contributed by atoms with Crippen LogP contribution < -0.4 is 5.32 Å². The highest BCUT2D eigenvalue weighted by Crippen LogP contribution is 2.33. The van der Waals surface area contributed by atoms with Crippen molar-refractivity contribution in [3.8, 4) is 0 Å². The number of carbonyl (C=O) groups excluding carboxylic acids is 2. The van der Waals surface area contributed by atoms with Crippen LogP contribution in [0.3, 0.4) is 0 Å². The van der Waals surface area contributed by atoms with Gasteiger partial charge in [-0.2, -0.15) is 0 Å². The molecule has 2 aromatic rings. The zero-order chi connectivity index (χ0) is 24.6. The van der Waals surface area contributed by atoms with Crippen LogP contribution in [0, 0.1) is 11.8 Å². The number of rotatable bonds is 11. The minimum atomic E-state index is -3.42. The summed E-state index contributed by atoms with van der Waals surface area (Å²) in [6, 6.07) is 15.0. The van der Waals surface area contributed by atoms with Crippen molar-refractivity contribution in [1.82, 2.24) is 5.32 Å². The maximum atomic E-state index is 13.3. The first-order chi connectivity index (χ1) is 16.3. The van der Waals surface area contributed by atoms with E-state index >= 15 is 0 Å². The Labute approximate surface area is 208 Å². The van der Waals surface area contributed by atoms with Gasteiger partial charge in [0.1, 0.15) is 0 Å². The number of benzene rings is 2. The average Bonchev–Trinajstić information content (AvgIpc) is 2.86. The van der Waals surface area contributed by atoms with Gasteiger partial charge >= 0.3 is 0 Å². The molecule has 0 unspecified atom stereocenters. The van der Waals surface area contributed by atoms with E-state index in [0.717, 1.165) is 32.1 Å². The van der Waals surface area contributed by atoms with Gasteiger partial charge in [0.05, 0.1) is 10.6 Å². The molecule has 0 spiro atoms. The zero-order valence-electron chi connectivity index (χ0n) is 19.7. The maximum absolute atomic E-state index is 13.3. The lowest BCUT2D eigenvalue weighted by molar-refractivity contribution is -0.128. The second-order valence-corrected chi connectivity index (χ2v) is 11.7. The second-order valence-electron chi connectivity index (χ2n) is 9.14. The van der Waals surface area contributed by atoms with Crippen LogP contribution in [0.4, 0.5) is 0 Å². The van der Waals surface area contributed by atoms with Gasteiger partial charge < -0.3 is 5.32 Å². The molecule has 1 saturated carbocycles. The van der Waals surface area contributed by atoms with E-state index in [2.05, 4.69) is 12.2 Å². The number of halogens is 1. The highest BCUT2D eigenvalue weighted by Gasteiger charge is 2.36. The van der Waals surface area contributed by atoms with Crippen LogP contribution >= 0.6 is 11.6 Å². The Morgan fingerprint density at radius 1 is 0.971 bits per heavy atom. The molecule has 184 valence electrons. The Hall–Kier alpha value is -2.18. The van der Waals surface area contributed by atoms with Gasteiger partial charge in [0.2, 0.25) is 5.91 Å². The molecule has 1 fully saturated rings. The van der Waals surface area contributed by atoms with Gasteiger partial charge in [-0.05, 0) is 62.1 Å². The van der Waals surface area contributed by atoms with E-state index in [9.17, 15) is 18.0 Å². The Kier molecular flexibility index (Phi) is 9.72. The molecule has 7 heteroatoms. The fraction of sp³-hybridized carbons (Fsp3) is 0.481. The van der Waals surface area contributed by atoms with E-state index in [0.29, 0.717) is 34.7 Å². The molecule has 34 heavy (non-hydrogen) atoms. The number of nitrogens with one attached hydrogen (secondary N) is 1. The van der Waals surface area contributed by atoms with Crippen molar-refractivity contribution < 1.29 is 18.0 Å². The fourth-order valence-electron chi connectivity index (χ4n) is 4.68. The topological polar surface area (TPSA) is 80.3 Å². The van der Waals surface area contributed by atoms with Crippen LogP contribution in [0.1, 0.15) is 68.6 Å². The summed E-state index contributed by atoms with van der Waals surface area (Å²) in [5.41, 5.74) is 0.575. The molecule has 1 aliphatic carbocycles. The summed E-state index contributed by atoms with van der Waals surface area (Å²) >= 11 is 5.96. The summed E-state index contributed by atoms with van der Waals surface area (Å²) in [4.78, 5) is 26.8. The largest absolute Gasteiger partial charge is 0.353 e. The Balaban J connectivity index is 1.69. The minimum absolute atomic E-state index is 0.0201. The van der Waals surface area contributed by atoms with Crippen molar-refractivity contribution in [2.45, 2.75) is 69.2 Å². The van der Waals surface area contributed by atoms with Gasteiger partial charge in [-0.25, -0.2) is 8.42 Å². The molecule has 0 bridgehead atoms. The van der Waals surface area contributed by atoms with E-state index in [1.807, 2.05) is 0 Å². The molecule has 1 amide bonds. The summed E-state index contributed by atoms with van der Waals surface area (Å²) < 4.78 is 25.5. The van der Waals surface area contributed by atoms with Crippen LogP contribution in [-0.4, -0.2) is 31.9 Å². The molecule has 0 saturated heterocycles.